The van der Waals surface area contributed by atoms with Crippen molar-refractivity contribution in [2.75, 3.05) is 7.11 Å². The average molecular weight is 236 g/mol. The number of benzene rings is 1. The van der Waals surface area contributed by atoms with Crippen molar-refractivity contribution in [3.63, 3.8) is 0 Å². The van der Waals surface area contributed by atoms with Crippen LogP contribution in [0.3, 0.4) is 0 Å². The van der Waals surface area contributed by atoms with Crippen molar-refractivity contribution in [1.82, 2.24) is 0 Å². The number of hydrogen-bond donors (Lipinski definition) is 2. The third-order valence-corrected chi connectivity index (χ3v) is 1.73. The van der Waals surface area contributed by atoms with E-state index in [-0.39, 0.29) is 5.75 Å². The van der Waals surface area contributed by atoms with Gasteiger partial charge in [-0.3, -0.25) is 0 Å². The molecule has 0 spiro atoms. The van der Waals surface area contributed by atoms with Gasteiger partial charge in [0.25, 0.3) is 0 Å². The number of hydrogen-bond acceptors (Lipinski definition) is 4. The quantitative estimate of drug-likeness (QED) is 0.739. The zero-order chi connectivity index (χ0) is 12.3. The fourth-order valence-electron chi connectivity index (χ4n) is 1.12. The molecule has 0 radical (unpaired) electrons. The second kappa shape index (κ2) is 4.62. The second-order valence-corrected chi connectivity index (χ2v) is 2.80. The maximum atomic E-state index is 12.1. The number of ether oxygens (including phenoxy) is 2. The van der Waals surface area contributed by atoms with Gasteiger partial charge in [-0.05, 0) is 6.07 Å². The molecule has 1 rings (SSSR count). The fourth-order valence-corrected chi connectivity index (χ4v) is 1.12. The van der Waals surface area contributed by atoms with Crippen LogP contribution in [0.15, 0.2) is 18.2 Å². The van der Waals surface area contributed by atoms with E-state index in [9.17, 15) is 13.2 Å². The van der Waals surface area contributed by atoms with E-state index >= 15 is 0 Å². The van der Waals surface area contributed by atoms with Gasteiger partial charge in [-0.2, -0.15) is 0 Å². The molecule has 8 heteroatoms. The number of halogens is 3. The second-order valence-electron chi connectivity index (χ2n) is 2.80. The van der Waals surface area contributed by atoms with E-state index < -0.39 is 24.7 Å². The number of alkyl halides is 3. The van der Waals surface area contributed by atoms with Gasteiger partial charge in [-0.1, -0.05) is 12.1 Å². The Bertz CT molecular complexity index is 367. The van der Waals surface area contributed by atoms with Crippen LogP contribution in [0.1, 0.15) is 0 Å². The number of rotatable bonds is 3. The highest BCUT2D eigenvalue weighted by atomic mass is 19.4. The molecule has 2 N–H and O–H groups in total. The summed E-state index contributed by atoms with van der Waals surface area (Å²) in [5, 5.41) is 17.7. The first-order chi connectivity index (χ1) is 7.35. The van der Waals surface area contributed by atoms with Crippen LogP contribution in [0.25, 0.3) is 0 Å². The minimum Gasteiger partial charge on any atom is -0.493 e. The first-order valence-electron chi connectivity index (χ1n) is 4.14. The summed E-state index contributed by atoms with van der Waals surface area (Å²) in [5.41, 5.74) is -0.420. The van der Waals surface area contributed by atoms with E-state index in [0.717, 1.165) is 13.2 Å². The highest BCUT2D eigenvalue weighted by Crippen LogP contribution is 2.30. The van der Waals surface area contributed by atoms with Crippen LogP contribution in [-0.2, 0) is 0 Å². The smallest absolute Gasteiger partial charge is 0.493 e. The Balaban J connectivity index is 3.20. The van der Waals surface area contributed by atoms with E-state index in [1.165, 1.54) is 12.1 Å². The van der Waals surface area contributed by atoms with Crippen molar-refractivity contribution in [3.8, 4) is 11.5 Å². The maximum absolute atomic E-state index is 12.1. The minimum atomic E-state index is -4.93. The van der Waals surface area contributed by atoms with Crippen molar-refractivity contribution in [2.24, 2.45) is 0 Å². The molecule has 1 aromatic rings. The molecule has 4 nitrogen and oxygen atoms in total. The van der Waals surface area contributed by atoms with Crippen molar-refractivity contribution in [1.29, 1.82) is 0 Å². The maximum Gasteiger partial charge on any atom is 0.573 e. The Morgan fingerprint density at radius 2 is 1.88 bits per heavy atom. The van der Waals surface area contributed by atoms with Crippen molar-refractivity contribution in [2.45, 2.75) is 6.36 Å². The van der Waals surface area contributed by atoms with Crippen molar-refractivity contribution >= 4 is 12.6 Å². The van der Waals surface area contributed by atoms with Gasteiger partial charge in [0.1, 0.15) is 0 Å². The SMILES string of the molecule is COc1cccc(B(O)O)c1OC(F)(F)F. The summed E-state index contributed by atoms with van der Waals surface area (Å²) in [5.74, 6) is -0.990. The Hall–Kier alpha value is -1.41. The van der Waals surface area contributed by atoms with Gasteiger partial charge in [0.05, 0.1) is 7.11 Å². The molecule has 0 atom stereocenters. The first kappa shape index (κ1) is 12.7. The highest BCUT2D eigenvalue weighted by Gasteiger charge is 2.35. The average Bonchev–Trinajstić information content (AvgIpc) is 2.15. The molecular weight excluding hydrogens is 228 g/mol. The summed E-state index contributed by atoms with van der Waals surface area (Å²) in [6.45, 7) is 0. The topological polar surface area (TPSA) is 58.9 Å². The Labute approximate surface area is 89.4 Å². The Kier molecular flexibility index (Phi) is 3.66. The normalized spacial score (nSPS) is 11.1. The van der Waals surface area contributed by atoms with Crippen LogP contribution in [0.5, 0.6) is 11.5 Å². The molecule has 0 amide bonds. The Morgan fingerprint density at radius 1 is 1.25 bits per heavy atom. The zero-order valence-electron chi connectivity index (χ0n) is 8.15. The predicted octanol–water partition coefficient (Wildman–Crippen LogP) is 0.274. The van der Waals surface area contributed by atoms with E-state index in [1.807, 2.05) is 0 Å². The summed E-state index contributed by atoms with van der Waals surface area (Å²) >= 11 is 0. The predicted molar refractivity (Wildman–Crippen MR) is 49.5 cm³/mol. The van der Waals surface area contributed by atoms with Crippen LogP contribution in [0, 0.1) is 0 Å². The van der Waals surface area contributed by atoms with Gasteiger partial charge >= 0.3 is 13.5 Å². The molecule has 16 heavy (non-hydrogen) atoms. The van der Waals surface area contributed by atoms with Gasteiger partial charge < -0.3 is 19.5 Å². The van der Waals surface area contributed by atoms with E-state index in [0.29, 0.717) is 0 Å². The monoisotopic (exact) mass is 236 g/mol. The van der Waals surface area contributed by atoms with Crippen LogP contribution >= 0.6 is 0 Å². The van der Waals surface area contributed by atoms with Crippen LogP contribution < -0.4 is 14.9 Å². The zero-order valence-corrected chi connectivity index (χ0v) is 8.15. The largest absolute Gasteiger partial charge is 0.573 e. The summed E-state index contributed by atoms with van der Waals surface area (Å²) in [6.07, 6.45) is -4.93. The number of para-hydroxylation sites is 1. The van der Waals surface area contributed by atoms with Gasteiger partial charge in [-0.15, -0.1) is 13.2 Å². The van der Waals surface area contributed by atoms with E-state index in [4.69, 9.17) is 10.0 Å². The summed E-state index contributed by atoms with van der Waals surface area (Å²) in [6, 6.07) is 3.62. The summed E-state index contributed by atoms with van der Waals surface area (Å²) in [4.78, 5) is 0. The molecule has 88 valence electrons. The molecule has 0 fully saturated rings. The molecule has 0 heterocycles. The molecule has 0 aromatic heterocycles. The molecule has 1 aromatic carbocycles. The highest BCUT2D eigenvalue weighted by molar-refractivity contribution is 6.59. The lowest BCUT2D eigenvalue weighted by molar-refractivity contribution is -0.274. The molecule has 0 aliphatic heterocycles. The van der Waals surface area contributed by atoms with Gasteiger partial charge in [0.15, 0.2) is 11.5 Å². The van der Waals surface area contributed by atoms with Crippen molar-refractivity contribution in [3.05, 3.63) is 18.2 Å². The molecule has 0 bridgehead atoms. The van der Waals surface area contributed by atoms with E-state index in [2.05, 4.69) is 9.47 Å². The molecule has 0 aliphatic rings. The van der Waals surface area contributed by atoms with Crippen LogP contribution in [-0.4, -0.2) is 30.6 Å². The van der Waals surface area contributed by atoms with Crippen LogP contribution in [0.2, 0.25) is 0 Å². The lowest BCUT2D eigenvalue weighted by Crippen LogP contribution is -2.34. The van der Waals surface area contributed by atoms with Gasteiger partial charge in [0, 0.05) is 5.46 Å². The van der Waals surface area contributed by atoms with E-state index in [1.54, 1.807) is 0 Å². The van der Waals surface area contributed by atoms with Gasteiger partial charge in [0.2, 0.25) is 0 Å². The summed E-state index contributed by atoms with van der Waals surface area (Å²) in [7, 11) is -0.931. The minimum absolute atomic E-state index is 0.233. The van der Waals surface area contributed by atoms with Gasteiger partial charge in [-0.25, -0.2) is 0 Å². The number of methoxy groups -OCH3 is 1. The molecule has 0 saturated heterocycles. The summed E-state index contributed by atoms with van der Waals surface area (Å²) < 4.78 is 44.5. The first-order valence-corrected chi connectivity index (χ1v) is 4.14. The lowest BCUT2D eigenvalue weighted by atomic mass is 9.79. The third kappa shape index (κ3) is 3.04. The molecule has 0 saturated carbocycles. The molecule has 0 aliphatic carbocycles. The Morgan fingerprint density at radius 3 is 2.31 bits per heavy atom. The fraction of sp³-hybridized carbons (Fsp3) is 0.250. The standard InChI is InChI=1S/C8H8BF3O4/c1-15-6-4-2-3-5(9(13)14)7(6)16-8(10,11)12/h2-4,13-14H,1H3. The molecule has 0 unspecified atom stereocenters. The van der Waals surface area contributed by atoms with Crippen molar-refractivity contribution < 1.29 is 32.7 Å². The van der Waals surface area contributed by atoms with Crippen LogP contribution in [0.4, 0.5) is 13.2 Å². The third-order valence-electron chi connectivity index (χ3n) is 1.73. The molecular formula is C8H8BF3O4. The lowest BCUT2D eigenvalue weighted by Gasteiger charge is -2.15.